The molecule has 1 rings (SSSR count). The van der Waals surface area contributed by atoms with Gasteiger partial charge < -0.3 is 13.7 Å². The van der Waals surface area contributed by atoms with E-state index in [0.717, 1.165) is 0 Å². The first-order chi connectivity index (χ1) is 11.7. The van der Waals surface area contributed by atoms with Gasteiger partial charge in [-0.25, -0.2) is 14.5 Å². The van der Waals surface area contributed by atoms with Gasteiger partial charge in [-0.2, -0.15) is 21.6 Å². The molecule has 0 aromatic heterocycles. The van der Waals surface area contributed by atoms with Crippen molar-refractivity contribution in [1.82, 2.24) is 4.90 Å². The van der Waals surface area contributed by atoms with Crippen LogP contribution in [0.15, 0.2) is 11.5 Å². The Hall–Kier alpha value is -1.98. The summed E-state index contributed by atoms with van der Waals surface area (Å²) >= 11 is 0. The molecule has 1 heterocycles. The molecule has 0 aromatic rings. The number of carbonyl (C=O) groups is 2. The predicted molar refractivity (Wildman–Crippen MR) is 81.9 cm³/mol. The number of nitrogens with zero attached hydrogens (tertiary/aromatic N) is 1. The van der Waals surface area contributed by atoms with Crippen molar-refractivity contribution in [3.63, 3.8) is 0 Å². The van der Waals surface area contributed by atoms with Gasteiger partial charge in [0.1, 0.15) is 5.60 Å². The Morgan fingerprint density at radius 3 is 2.23 bits per heavy atom. The molecule has 0 aromatic carbocycles. The molecule has 0 atom stereocenters. The fourth-order valence-corrected chi connectivity index (χ4v) is 2.42. The first kappa shape index (κ1) is 22.1. The summed E-state index contributed by atoms with van der Waals surface area (Å²) in [6.45, 7) is 5.70. The summed E-state index contributed by atoms with van der Waals surface area (Å²) in [7, 11) is -6.10. The summed E-state index contributed by atoms with van der Waals surface area (Å²) < 4.78 is 74.7. The van der Waals surface area contributed by atoms with Gasteiger partial charge in [0.25, 0.3) is 0 Å². The molecule has 0 N–H and O–H groups in total. The number of hydrogen-bond donors (Lipinski definition) is 0. The highest BCUT2D eigenvalue weighted by atomic mass is 32.2. The summed E-state index contributed by atoms with van der Waals surface area (Å²) in [6.07, 6.45) is -1.10. The zero-order valence-electron chi connectivity index (χ0n) is 14.7. The van der Waals surface area contributed by atoms with Crippen molar-refractivity contribution < 1.29 is 44.8 Å². The van der Waals surface area contributed by atoms with Gasteiger partial charge in [0.05, 0.1) is 12.2 Å². The molecule has 0 radical (unpaired) electrons. The maximum atomic E-state index is 12.7. The fraction of sp³-hybridized carbons (Fsp3) is 0.714. The van der Waals surface area contributed by atoms with Crippen LogP contribution in [0.3, 0.4) is 0 Å². The topological polar surface area (TPSA) is 99.2 Å². The second-order valence-corrected chi connectivity index (χ2v) is 7.76. The summed E-state index contributed by atoms with van der Waals surface area (Å²) in [5.41, 5.74) is -7.24. The van der Waals surface area contributed by atoms with Crippen LogP contribution in [0.1, 0.15) is 40.5 Å². The van der Waals surface area contributed by atoms with Crippen molar-refractivity contribution in [3.05, 3.63) is 11.5 Å². The fourth-order valence-electron chi connectivity index (χ4n) is 1.93. The third-order valence-electron chi connectivity index (χ3n) is 2.92. The average Bonchev–Trinajstić information content (AvgIpc) is 2.44. The largest absolute Gasteiger partial charge is 0.534 e. The van der Waals surface area contributed by atoms with E-state index in [2.05, 4.69) is 4.18 Å². The third-order valence-corrected chi connectivity index (χ3v) is 3.86. The van der Waals surface area contributed by atoms with Gasteiger partial charge >= 0.3 is 27.7 Å². The van der Waals surface area contributed by atoms with Crippen molar-refractivity contribution >= 4 is 22.2 Å². The quantitative estimate of drug-likeness (QED) is 0.404. The standard InChI is InChI=1S/C14H20F3NO7S/c1-5-23-11(19)9-7-6-8-18(12(20)24-13(2,3)4)10(9)25-26(21,22)14(15,16)17/h5-8H2,1-4H3. The van der Waals surface area contributed by atoms with Gasteiger partial charge in [0, 0.05) is 6.54 Å². The van der Waals surface area contributed by atoms with Crippen LogP contribution in [-0.2, 0) is 28.6 Å². The number of esters is 1. The zero-order chi connectivity index (χ0) is 20.3. The second kappa shape index (κ2) is 7.72. The Balaban J connectivity index is 3.38. The average molecular weight is 403 g/mol. The maximum Gasteiger partial charge on any atom is 0.534 e. The summed E-state index contributed by atoms with van der Waals surface area (Å²) in [6, 6.07) is 0. The van der Waals surface area contributed by atoms with Crippen molar-refractivity contribution in [2.45, 2.75) is 51.6 Å². The second-order valence-electron chi connectivity index (χ2n) is 6.22. The van der Waals surface area contributed by atoms with Crippen LogP contribution in [0.4, 0.5) is 18.0 Å². The highest BCUT2D eigenvalue weighted by Crippen LogP contribution is 2.32. The van der Waals surface area contributed by atoms with Crippen LogP contribution in [0, 0.1) is 0 Å². The van der Waals surface area contributed by atoms with Gasteiger partial charge in [0.15, 0.2) is 0 Å². The molecule has 12 heteroatoms. The Kier molecular flexibility index (Phi) is 6.55. The molecule has 150 valence electrons. The maximum absolute atomic E-state index is 12.7. The summed E-state index contributed by atoms with van der Waals surface area (Å²) in [5.74, 6) is -2.13. The lowest BCUT2D eigenvalue weighted by atomic mass is 10.1. The van der Waals surface area contributed by atoms with Crippen LogP contribution < -0.4 is 0 Å². The molecule has 0 saturated heterocycles. The lowest BCUT2D eigenvalue weighted by molar-refractivity contribution is -0.139. The molecule has 8 nitrogen and oxygen atoms in total. The van der Waals surface area contributed by atoms with E-state index in [1.807, 2.05) is 0 Å². The predicted octanol–water partition coefficient (Wildman–Crippen LogP) is 2.66. The third kappa shape index (κ3) is 5.51. The van der Waals surface area contributed by atoms with Gasteiger partial charge in [0.2, 0.25) is 5.88 Å². The van der Waals surface area contributed by atoms with Gasteiger partial charge in [-0.15, -0.1) is 0 Å². The van der Waals surface area contributed by atoms with E-state index in [4.69, 9.17) is 9.47 Å². The minimum Gasteiger partial charge on any atom is -0.462 e. The molecule has 26 heavy (non-hydrogen) atoms. The first-order valence-corrected chi connectivity index (χ1v) is 9.02. The molecule has 1 amide bonds. The van der Waals surface area contributed by atoms with Gasteiger partial charge in [-0.3, -0.25) is 0 Å². The van der Waals surface area contributed by atoms with Crippen molar-refractivity contribution in [1.29, 1.82) is 0 Å². The lowest BCUT2D eigenvalue weighted by Gasteiger charge is -2.32. The number of carbonyl (C=O) groups excluding carboxylic acids is 2. The minimum absolute atomic E-state index is 0.103. The number of ether oxygens (including phenoxy) is 2. The van der Waals surface area contributed by atoms with Crippen LogP contribution in [0.2, 0.25) is 0 Å². The number of alkyl halides is 3. The highest BCUT2D eigenvalue weighted by Gasteiger charge is 2.51. The Morgan fingerprint density at radius 1 is 1.19 bits per heavy atom. The highest BCUT2D eigenvalue weighted by molar-refractivity contribution is 7.87. The zero-order valence-corrected chi connectivity index (χ0v) is 15.5. The Bertz CT molecular complexity index is 692. The van der Waals surface area contributed by atoms with Crippen molar-refractivity contribution in [2.24, 2.45) is 0 Å². The molecule has 0 unspecified atom stereocenters. The smallest absolute Gasteiger partial charge is 0.462 e. The van der Waals surface area contributed by atoms with Gasteiger partial charge in [-0.05, 0) is 40.5 Å². The molecule has 0 fully saturated rings. The van der Waals surface area contributed by atoms with E-state index in [9.17, 15) is 31.2 Å². The number of hydrogen-bond acceptors (Lipinski definition) is 7. The van der Waals surface area contributed by atoms with E-state index in [0.29, 0.717) is 4.90 Å². The Morgan fingerprint density at radius 2 is 1.77 bits per heavy atom. The van der Waals surface area contributed by atoms with E-state index in [-0.39, 0.29) is 26.0 Å². The molecule has 1 aliphatic rings. The monoisotopic (exact) mass is 403 g/mol. The number of rotatable bonds is 4. The van der Waals surface area contributed by atoms with Crippen molar-refractivity contribution in [2.75, 3.05) is 13.2 Å². The van der Waals surface area contributed by atoms with Crippen LogP contribution >= 0.6 is 0 Å². The molecule has 0 bridgehead atoms. The van der Waals surface area contributed by atoms with E-state index < -0.39 is 44.7 Å². The number of halogens is 3. The van der Waals surface area contributed by atoms with E-state index >= 15 is 0 Å². The van der Waals surface area contributed by atoms with Crippen LogP contribution in [0.5, 0.6) is 0 Å². The summed E-state index contributed by atoms with van der Waals surface area (Å²) in [4.78, 5) is 24.8. The molecular formula is C14H20F3NO7S. The van der Waals surface area contributed by atoms with Crippen molar-refractivity contribution in [3.8, 4) is 0 Å². The molecule has 0 spiro atoms. The normalized spacial score (nSPS) is 16.3. The van der Waals surface area contributed by atoms with Crippen LogP contribution in [0.25, 0.3) is 0 Å². The van der Waals surface area contributed by atoms with E-state index in [1.54, 1.807) is 0 Å². The van der Waals surface area contributed by atoms with E-state index in [1.165, 1.54) is 27.7 Å². The van der Waals surface area contributed by atoms with Crippen LogP contribution in [-0.4, -0.2) is 49.6 Å². The molecule has 0 aliphatic carbocycles. The molecule has 0 saturated carbocycles. The minimum atomic E-state index is -6.10. The lowest BCUT2D eigenvalue weighted by Crippen LogP contribution is -2.42. The number of amides is 1. The van der Waals surface area contributed by atoms with Gasteiger partial charge in [-0.1, -0.05) is 0 Å². The Labute approximate surface area is 149 Å². The first-order valence-electron chi connectivity index (χ1n) is 7.61. The molecule has 1 aliphatic heterocycles. The molecular weight excluding hydrogens is 383 g/mol. The summed E-state index contributed by atoms with van der Waals surface area (Å²) in [5, 5.41) is 0. The SMILES string of the molecule is CCOC(=O)C1=C(OS(=O)(=O)C(F)(F)F)N(C(=O)OC(C)(C)C)CCC1.